The molecule has 1 atom stereocenters. The van der Waals surface area contributed by atoms with Crippen LogP contribution in [0.15, 0.2) is 18.2 Å². The molecule has 4 nitrogen and oxygen atoms in total. The Kier molecular flexibility index (Phi) is 5.61. The summed E-state index contributed by atoms with van der Waals surface area (Å²) in [7, 11) is 1.49. The number of nitrogens with zero attached hydrogens (tertiary/aromatic N) is 1. The van der Waals surface area contributed by atoms with Crippen molar-refractivity contribution in [2.24, 2.45) is 5.92 Å². The van der Waals surface area contributed by atoms with E-state index < -0.39 is 23.5 Å². The fourth-order valence-corrected chi connectivity index (χ4v) is 1.76. The van der Waals surface area contributed by atoms with Crippen molar-refractivity contribution >= 4 is 11.9 Å². The number of carboxylic acid groups (broad SMARTS) is 1. The van der Waals surface area contributed by atoms with Crippen molar-refractivity contribution in [3.63, 3.8) is 0 Å². The molecule has 0 fully saturated rings. The monoisotopic (exact) mass is 285 g/mol. The van der Waals surface area contributed by atoms with Crippen molar-refractivity contribution in [2.75, 3.05) is 13.6 Å². The van der Waals surface area contributed by atoms with Crippen LogP contribution in [0, 0.1) is 17.6 Å². The molecule has 0 saturated carbocycles. The number of carbonyl (C=O) groups is 2. The molecule has 110 valence electrons. The van der Waals surface area contributed by atoms with Crippen LogP contribution in [0.2, 0.25) is 0 Å². The summed E-state index contributed by atoms with van der Waals surface area (Å²) in [5.74, 6) is -3.85. The van der Waals surface area contributed by atoms with Gasteiger partial charge in [0.25, 0.3) is 0 Å². The lowest BCUT2D eigenvalue weighted by Gasteiger charge is -2.19. The number of rotatable bonds is 6. The number of halogens is 2. The number of hydrogen-bond donors (Lipinski definition) is 1. The number of carboxylic acids is 1. The first-order chi connectivity index (χ1) is 9.32. The van der Waals surface area contributed by atoms with Crippen LogP contribution in [-0.2, 0) is 16.0 Å². The van der Waals surface area contributed by atoms with Gasteiger partial charge in [-0.15, -0.1) is 0 Å². The molecule has 0 aromatic heterocycles. The maximum Gasteiger partial charge on any atom is 0.308 e. The summed E-state index contributed by atoms with van der Waals surface area (Å²) in [5, 5.41) is 8.76. The van der Waals surface area contributed by atoms with E-state index >= 15 is 0 Å². The van der Waals surface area contributed by atoms with E-state index in [1.807, 2.05) is 0 Å². The molecule has 20 heavy (non-hydrogen) atoms. The molecular weight excluding hydrogens is 268 g/mol. The summed E-state index contributed by atoms with van der Waals surface area (Å²) in [6.45, 7) is 1.58. The molecule has 0 bridgehead atoms. The third-order valence-electron chi connectivity index (χ3n) is 3.03. The molecule has 1 aromatic rings. The van der Waals surface area contributed by atoms with Gasteiger partial charge < -0.3 is 10.0 Å². The largest absolute Gasteiger partial charge is 0.481 e. The van der Waals surface area contributed by atoms with Gasteiger partial charge in [-0.1, -0.05) is 19.1 Å². The third kappa shape index (κ3) is 4.29. The van der Waals surface area contributed by atoms with Crippen molar-refractivity contribution in [1.82, 2.24) is 4.90 Å². The predicted molar refractivity (Wildman–Crippen MR) is 69.1 cm³/mol. The zero-order chi connectivity index (χ0) is 15.3. The molecule has 0 radical (unpaired) electrons. The fourth-order valence-electron chi connectivity index (χ4n) is 1.76. The van der Waals surface area contributed by atoms with E-state index in [1.54, 1.807) is 0 Å². The van der Waals surface area contributed by atoms with Crippen molar-refractivity contribution in [3.8, 4) is 0 Å². The van der Waals surface area contributed by atoms with Crippen LogP contribution in [0.5, 0.6) is 0 Å². The molecule has 0 spiro atoms. The van der Waals surface area contributed by atoms with Gasteiger partial charge in [-0.25, -0.2) is 8.78 Å². The van der Waals surface area contributed by atoms with Gasteiger partial charge in [0.15, 0.2) is 11.6 Å². The van der Waals surface area contributed by atoms with Crippen LogP contribution in [0.1, 0.15) is 18.9 Å². The second kappa shape index (κ2) is 6.98. The van der Waals surface area contributed by atoms with E-state index in [4.69, 9.17) is 5.11 Å². The van der Waals surface area contributed by atoms with Gasteiger partial charge in [-0.2, -0.15) is 0 Å². The molecule has 1 amide bonds. The number of aryl methyl sites for hydroxylation is 1. The van der Waals surface area contributed by atoms with Crippen LogP contribution >= 0.6 is 0 Å². The molecule has 1 aromatic carbocycles. The standard InChI is InChI=1S/C14H17F2NO3/c1-9(14(19)20)8-17(2)12(18)7-6-10-4-3-5-11(15)13(10)16/h3-5,9H,6-8H2,1-2H3,(H,19,20). The summed E-state index contributed by atoms with van der Waals surface area (Å²) in [5.41, 5.74) is 0.137. The lowest BCUT2D eigenvalue weighted by molar-refractivity contribution is -0.142. The minimum atomic E-state index is -0.985. The van der Waals surface area contributed by atoms with E-state index in [9.17, 15) is 18.4 Å². The van der Waals surface area contributed by atoms with Gasteiger partial charge in [-0.3, -0.25) is 9.59 Å². The fraction of sp³-hybridized carbons (Fsp3) is 0.429. The minimum Gasteiger partial charge on any atom is -0.481 e. The van der Waals surface area contributed by atoms with E-state index in [1.165, 1.54) is 31.0 Å². The lowest BCUT2D eigenvalue weighted by atomic mass is 10.1. The maximum atomic E-state index is 13.4. The average Bonchev–Trinajstić information content (AvgIpc) is 2.39. The Morgan fingerprint density at radius 3 is 2.60 bits per heavy atom. The highest BCUT2D eigenvalue weighted by Gasteiger charge is 2.18. The molecule has 0 aliphatic rings. The quantitative estimate of drug-likeness (QED) is 0.870. The zero-order valence-corrected chi connectivity index (χ0v) is 11.4. The Morgan fingerprint density at radius 1 is 1.35 bits per heavy atom. The van der Waals surface area contributed by atoms with E-state index in [0.29, 0.717) is 0 Å². The third-order valence-corrected chi connectivity index (χ3v) is 3.03. The number of amides is 1. The van der Waals surface area contributed by atoms with Crippen LogP contribution < -0.4 is 0 Å². The summed E-state index contributed by atoms with van der Waals surface area (Å²) in [6.07, 6.45) is 0.0808. The van der Waals surface area contributed by atoms with Gasteiger partial charge in [0, 0.05) is 20.0 Å². The Morgan fingerprint density at radius 2 is 2.00 bits per heavy atom. The highest BCUT2D eigenvalue weighted by atomic mass is 19.2. The zero-order valence-electron chi connectivity index (χ0n) is 11.4. The molecule has 0 heterocycles. The molecule has 6 heteroatoms. The molecule has 0 saturated heterocycles. The summed E-state index contributed by atoms with van der Waals surface area (Å²) < 4.78 is 26.4. The minimum absolute atomic E-state index is 0.00319. The van der Waals surface area contributed by atoms with Gasteiger partial charge in [0.2, 0.25) is 5.91 Å². The van der Waals surface area contributed by atoms with E-state index in [2.05, 4.69) is 0 Å². The van der Waals surface area contributed by atoms with Crippen LogP contribution in [0.25, 0.3) is 0 Å². The summed E-state index contributed by atoms with van der Waals surface area (Å²) in [6, 6.07) is 3.82. The van der Waals surface area contributed by atoms with Crippen LogP contribution in [-0.4, -0.2) is 35.5 Å². The van der Waals surface area contributed by atoms with Crippen molar-refractivity contribution in [2.45, 2.75) is 19.8 Å². The van der Waals surface area contributed by atoms with E-state index in [0.717, 1.165) is 6.07 Å². The van der Waals surface area contributed by atoms with E-state index in [-0.39, 0.29) is 30.9 Å². The second-order valence-electron chi connectivity index (χ2n) is 4.73. The topological polar surface area (TPSA) is 57.6 Å². The molecule has 0 aliphatic heterocycles. The number of benzene rings is 1. The summed E-state index contributed by atoms with van der Waals surface area (Å²) in [4.78, 5) is 23.8. The van der Waals surface area contributed by atoms with Crippen molar-refractivity contribution < 1.29 is 23.5 Å². The van der Waals surface area contributed by atoms with Crippen molar-refractivity contribution in [1.29, 1.82) is 0 Å². The smallest absolute Gasteiger partial charge is 0.308 e. The van der Waals surface area contributed by atoms with Crippen molar-refractivity contribution in [3.05, 3.63) is 35.4 Å². The summed E-state index contributed by atoms with van der Waals surface area (Å²) >= 11 is 0. The second-order valence-corrected chi connectivity index (χ2v) is 4.73. The van der Waals surface area contributed by atoms with Gasteiger partial charge in [-0.05, 0) is 18.1 Å². The van der Waals surface area contributed by atoms with Crippen LogP contribution in [0.4, 0.5) is 8.78 Å². The molecule has 1 unspecified atom stereocenters. The maximum absolute atomic E-state index is 13.4. The number of hydrogen-bond acceptors (Lipinski definition) is 2. The Balaban J connectivity index is 2.54. The number of aliphatic carboxylic acids is 1. The lowest BCUT2D eigenvalue weighted by Crippen LogP contribution is -2.33. The molecular formula is C14H17F2NO3. The molecule has 1 N–H and O–H groups in total. The SMILES string of the molecule is CC(CN(C)C(=O)CCc1cccc(F)c1F)C(=O)O. The van der Waals surface area contributed by atoms with Gasteiger partial charge in [0.1, 0.15) is 0 Å². The first kappa shape index (κ1) is 16.1. The van der Waals surface area contributed by atoms with Crippen LogP contribution in [0.3, 0.4) is 0 Å². The first-order valence-electron chi connectivity index (χ1n) is 6.22. The molecule has 1 rings (SSSR count). The Hall–Kier alpha value is -1.98. The Bertz CT molecular complexity index is 505. The normalized spacial score (nSPS) is 12.0. The predicted octanol–water partition coefficient (Wildman–Crippen LogP) is 2.08. The number of carbonyl (C=O) groups excluding carboxylic acids is 1. The Labute approximate surface area is 116 Å². The van der Waals surface area contributed by atoms with Gasteiger partial charge in [0.05, 0.1) is 5.92 Å². The highest BCUT2D eigenvalue weighted by molar-refractivity contribution is 5.77. The first-order valence-corrected chi connectivity index (χ1v) is 6.22. The average molecular weight is 285 g/mol. The molecule has 0 aliphatic carbocycles. The van der Waals surface area contributed by atoms with Gasteiger partial charge >= 0.3 is 5.97 Å². The highest BCUT2D eigenvalue weighted by Crippen LogP contribution is 2.13.